The lowest BCUT2D eigenvalue weighted by Gasteiger charge is -2.24. The molecule has 1 aromatic rings. The quantitative estimate of drug-likeness (QED) is 0.769. The van der Waals surface area contributed by atoms with Crippen LogP contribution in [0.3, 0.4) is 0 Å². The lowest BCUT2D eigenvalue weighted by molar-refractivity contribution is -0.138. The number of methoxy groups -OCH3 is 1. The zero-order chi connectivity index (χ0) is 13.5. The van der Waals surface area contributed by atoms with Gasteiger partial charge in [-0.15, -0.1) is 0 Å². The minimum atomic E-state index is -0.331. The van der Waals surface area contributed by atoms with E-state index in [9.17, 15) is 4.79 Å². The number of benzene rings is 1. The number of hydrogen-bond acceptors (Lipinski definition) is 4. The third-order valence-electron chi connectivity index (χ3n) is 2.46. The van der Waals surface area contributed by atoms with Crippen molar-refractivity contribution in [3.8, 4) is 6.07 Å². The minimum Gasteiger partial charge on any atom is -0.468 e. The molecular formula is C13H15ClN2O2. The molecule has 0 bridgehead atoms. The van der Waals surface area contributed by atoms with Gasteiger partial charge in [0.15, 0.2) is 0 Å². The monoisotopic (exact) mass is 266 g/mol. The van der Waals surface area contributed by atoms with Gasteiger partial charge in [0.05, 0.1) is 18.4 Å². The number of rotatable bonds is 5. The Morgan fingerprint density at radius 2 is 2.28 bits per heavy atom. The minimum absolute atomic E-state index is 0.126. The maximum absolute atomic E-state index is 11.4. The summed E-state index contributed by atoms with van der Waals surface area (Å²) in [7, 11) is 1.35. The normalized spacial score (nSPS) is 9.67. The maximum Gasteiger partial charge on any atom is 0.325 e. The average Bonchev–Trinajstić information content (AvgIpc) is 2.37. The number of nitriles is 1. The number of ether oxygens (including phenoxy) is 1. The molecule has 96 valence electrons. The van der Waals surface area contributed by atoms with Crippen molar-refractivity contribution in [1.29, 1.82) is 5.26 Å². The summed E-state index contributed by atoms with van der Waals surface area (Å²) in [5.74, 6) is -0.331. The highest BCUT2D eigenvalue weighted by Crippen LogP contribution is 2.24. The number of hydrogen-bond donors (Lipinski definition) is 0. The van der Waals surface area contributed by atoms with E-state index in [1.54, 1.807) is 18.2 Å². The van der Waals surface area contributed by atoms with E-state index >= 15 is 0 Å². The van der Waals surface area contributed by atoms with Crippen LogP contribution < -0.4 is 4.90 Å². The standard InChI is InChI=1S/C13H15ClN2O2/c1-3-6-16(9-13(17)18-2)12-5-4-11(14)7-10(12)8-15/h4-5,7H,3,6,9H2,1-2H3. The number of carbonyl (C=O) groups is 1. The summed E-state index contributed by atoms with van der Waals surface area (Å²) < 4.78 is 4.66. The van der Waals surface area contributed by atoms with Gasteiger partial charge in [-0.1, -0.05) is 18.5 Å². The molecule has 0 aliphatic heterocycles. The Bertz CT molecular complexity index is 469. The Morgan fingerprint density at radius 3 is 2.83 bits per heavy atom. The average molecular weight is 267 g/mol. The first kappa shape index (κ1) is 14.3. The second-order valence-corrected chi connectivity index (χ2v) is 4.21. The van der Waals surface area contributed by atoms with Crippen LogP contribution in [-0.2, 0) is 9.53 Å². The van der Waals surface area contributed by atoms with Gasteiger partial charge in [0.2, 0.25) is 0 Å². The fourth-order valence-electron chi connectivity index (χ4n) is 1.65. The number of anilines is 1. The molecule has 0 aliphatic carbocycles. The number of nitrogens with zero attached hydrogens (tertiary/aromatic N) is 2. The van der Waals surface area contributed by atoms with Crippen LogP contribution in [0.4, 0.5) is 5.69 Å². The van der Waals surface area contributed by atoms with Gasteiger partial charge < -0.3 is 9.64 Å². The molecule has 0 radical (unpaired) electrons. The van der Waals surface area contributed by atoms with Crippen LogP contribution in [0.5, 0.6) is 0 Å². The van der Waals surface area contributed by atoms with Crippen molar-refractivity contribution in [2.75, 3.05) is 25.1 Å². The fraction of sp³-hybridized carbons (Fsp3) is 0.385. The molecule has 4 nitrogen and oxygen atoms in total. The summed E-state index contributed by atoms with van der Waals surface area (Å²) in [6.45, 7) is 2.80. The number of esters is 1. The first-order valence-corrected chi connectivity index (χ1v) is 6.01. The second kappa shape index (κ2) is 6.87. The van der Waals surface area contributed by atoms with Crippen LogP contribution in [0.2, 0.25) is 5.02 Å². The van der Waals surface area contributed by atoms with Gasteiger partial charge in [-0.3, -0.25) is 4.79 Å². The summed E-state index contributed by atoms with van der Waals surface area (Å²) in [5, 5.41) is 9.60. The van der Waals surface area contributed by atoms with Crippen LogP contribution in [0, 0.1) is 11.3 Å². The van der Waals surface area contributed by atoms with Crippen molar-refractivity contribution in [2.24, 2.45) is 0 Å². The van der Waals surface area contributed by atoms with E-state index in [1.165, 1.54) is 7.11 Å². The molecule has 0 atom stereocenters. The van der Waals surface area contributed by atoms with Crippen molar-refractivity contribution >= 4 is 23.3 Å². The predicted octanol–water partition coefficient (Wildman–Crippen LogP) is 2.60. The van der Waals surface area contributed by atoms with Crippen LogP contribution >= 0.6 is 11.6 Å². The Labute approximate surface area is 112 Å². The van der Waals surface area contributed by atoms with E-state index in [0.29, 0.717) is 22.8 Å². The zero-order valence-electron chi connectivity index (χ0n) is 10.4. The van der Waals surface area contributed by atoms with Crippen LogP contribution in [-0.4, -0.2) is 26.2 Å². The Morgan fingerprint density at radius 1 is 1.56 bits per heavy atom. The number of carbonyl (C=O) groups excluding carboxylic acids is 1. The van der Waals surface area contributed by atoms with Gasteiger partial charge in [0.25, 0.3) is 0 Å². The molecule has 0 N–H and O–H groups in total. The lowest BCUT2D eigenvalue weighted by Crippen LogP contribution is -2.31. The molecule has 1 rings (SSSR count). The van der Waals surface area contributed by atoms with Crippen LogP contribution in [0.15, 0.2) is 18.2 Å². The van der Waals surface area contributed by atoms with Crippen molar-refractivity contribution in [3.05, 3.63) is 28.8 Å². The summed E-state index contributed by atoms with van der Waals surface area (Å²) >= 11 is 5.85. The van der Waals surface area contributed by atoms with Gasteiger partial charge in [0.1, 0.15) is 12.6 Å². The summed E-state index contributed by atoms with van der Waals surface area (Å²) in [4.78, 5) is 13.2. The molecule has 18 heavy (non-hydrogen) atoms. The third kappa shape index (κ3) is 3.64. The van der Waals surface area contributed by atoms with E-state index in [0.717, 1.165) is 6.42 Å². The lowest BCUT2D eigenvalue weighted by atomic mass is 10.1. The second-order valence-electron chi connectivity index (χ2n) is 3.77. The molecular weight excluding hydrogens is 252 g/mol. The predicted molar refractivity (Wildman–Crippen MR) is 70.7 cm³/mol. The van der Waals surface area contributed by atoms with E-state index in [1.807, 2.05) is 11.8 Å². The first-order valence-electron chi connectivity index (χ1n) is 5.63. The highest BCUT2D eigenvalue weighted by Gasteiger charge is 2.14. The van der Waals surface area contributed by atoms with Gasteiger partial charge in [-0.2, -0.15) is 5.26 Å². The molecule has 1 aromatic carbocycles. The largest absolute Gasteiger partial charge is 0.468 e. The summed E-state index contributed by atoms with van der Waals surface area (Å²) in [6.07, 6.45) is 0.866. The molecule has 0 aliphatic rings. The molecule has 0 aromatic heterocycles. The Kier molecular flexibility index (Phi) is 5.47. The highest BCUT2D eigenvalue weighted by molar-refractivity contribution is 6.30. The van der Waals surface area contributed by atoms with E-state index in [2.05, 4.69) is 10.8 Å². The summed E-state index contributed by atoms with van der Waals surface area (Å²) in [6, 6.07) is 7.14. The Balaban J connectivity index is 3.05. The van der Waals surface area contributed by atoms with E-state index in [-0.39, 0.29) is 12.5 Å². The van der Waals surface area contributed by atoms with Gasteiger partial charge in [-0.05, 0) is 24.6 Å². The van der Waals surface area contributed by atoms with Crippen molar-refractivity contribution in [2.45, 2.75) is 13.3 Å². The summed E-state index contributed by atoms with van der Waals surface area (Å²) in [5.41, 5.74) is 1.16. The maximum atomic E-state index is 11.4. The highest BCUT2D eigenvalue weighted by atomic mass is 35.5. The van der Waals surface area contributed by atoms with Crippen molar-refractivity contribution < 1.29 is 9.53 Å². The molecule has 0 saturated heterocycles. The number of halogens is 1. The molecule has 0 saturated carbocycles. The molecule has 5 heteroatoms. The van der Waals surface area contributed by atoms with Gasteiger partial charge >= 0.3 is 5.97 Å². The smallest absolute Gasteiger partial charge is 0.325 e. The van der Waals surface area contributed by atoms with E-state index < -0.39 is 0 Å². The molecule has 0 unspecified atom stereocenters. The van der Waals surface area contributed by atoms with Crippen LogP contribution in [0.1, 0.15) is 18.9 Å². The zero-order valence-corrected chi connectivity index (χ0v) is 11.2. The fourth-order valence-corrected chi connectivity index (χ4v) is 1.82. The van der Waals surface area contributed by atoms with Gasteiger partial charge in [-0.25, -0.2) is 0 Å². The molecule has 0 heterocycles. The SMILES string of the molecule is CCCN(CC(=O)OC)c1ccc(Cl)cc1C#N. The van der Waals surface area contributed by atoms with Gasteiger partial charge in [0, 0.05) is 11.6 Å². The molecule has 0 spiro atoms. The molecule has 0 fully saturated rings. The molecule has 0 amide bonds. The Hall–Kier alpha value is -1.73. The first-order chi connectivity index (χ1) is 8.62. The van der Waals surface area contributed by atoms with Crippen molar-refractivity contribution in [1.82, 2.24) is 0 Å². The van der Waals surface area contributed by atoms with Crippen LogP contribution in [0.25, 0.3) is 0 Å². The van der Waals surface area contributed by atoms with Crippen molar-refractivity contribution in [3.63, 3.8) is 0 Å². The third-order valence-corrected chi connectivity index (χ3v) is 2.70. The topological polar surface area (TPSA) is 53.3 Å². The van der Waals surface area contributed by atoms with E-state index in [4.69, 9.17) is 16.9 Å².